The van der Waals surface area contributed by atoms with E-state index in [1.165, 1.54) is 12.8 Å². The first-order valence-electron chi connectivity index (χ1n) is 8.51. The number of carbonyl (C=O) groups is 1. The second-order valence-corrected chi connectivity index (χ2v) is 6.58. The van der Waals surface area contributed by atoms with Crippen LogP contribution in [0, 0.1) is 19.8 Å². The molecule has 1 saturated carbocycles. The predicted molar refractivity (Wildman–Crippen MR) is 92.0 cm³/mol. The average Bonchev–Trinajstić information content (AvgIpc) is 3.29. The summed E-state index contributed by atoms with van der Waals surface area (Å²) in [5, 5.41) is 4.49. The van der Waals surface area contributed by atoms with E-state index in [2.05, 4.69) is 18.1 Å². The molecule has 122 valence electrons. The van der Waals surface area contributed by atoms with E-state index in [-0.39, 0.29) is 5.91 Å². The minimum Gasteiger partial charge on any atom is -0.338 e. The molecule has 0 saturated heterocycles. The standard InChI is InChI=1S/C19H25N3O/c1-4-11-21(13-16-5-6-16)19(23)17-7-9-18(10-8-17)22-15(3)12-14(2)20-22/h7-10,12,16H,4-6,11,13H2,1-3H3. The Balaban J connectivity index is 1.77. The summed E-state index contributed by atoms with van der Waals surface area (Å²) >= 11 is 0. The molecule has 3 rings (SSSR count). The molecule has 2 aromatic rings. The number of rotatable bonds is 6. The van der Waals surface area contributed by atoms with Crippen molar-refractivity contribution < 1.29 is 4.79 Å². The van der Waals surface area contributed by atoms with Crippen LogP contribution in [0.2, 0.25) is 0 Å². The van der Waals surface area contributed by atoms with Gasteiger partial charge in [-0.25, -0.2) is 4.68 Å². The van der Waals surface area contributed by atoms with Crippen molar-refractivity contribution in [2.75, 3.05) is 13.1 Å². The molecule has 4 heteroatoms. The molecule has 0 radical (unpaired) electrons. The van der Waals surface area contributed by atoms with Crippen LogP contribution in [0.5, 0.6) is 0 Å². The topological polar surface area (TPSA) is 38.1 Å². The Kier molecular flexibility index (Phi) is 4.51. The summed E-state index contributed by atoms with van der Waals surface area (Å²) in [5.41, 5.74) is 3.87. The molecule has 1 fully saturated rings. The monoisotopic (exact) mass is 311 g/mol. The van der Waals surface area contributed by atoms with E-state index in [1.54, 1.807) is 0 Å². The molecule has 1 aliphatic rings. The van der Waals surface area contributed by atoms with Gasteiger partial charge in [0.05, 0.1) is 11.4 Å². The molecule has 0 atom stereocenters. The van der Waals surface area contributed by atoms with Crippen molar-refractivity contribution in [3.05, 3.63) is 47.3 Å². The van der Waals surface area contributed by atoms with Gasteiger partial charge in [-0.15, -0.1) is 0 Å². The highest BCUT2D eigenvalue weighted by molar-refractivity contribution is 5.94. The Morgan fingerprint density at radius 2 is 1.96 bits per heavy atom. The third-order valence-corrected chi connectivity index (χ3v) is 4.32. The molecule has 0 aliphatic heterocycles. The van der Waals surface area contributed by atoms with Crippen LogP contribution in [0.15, 0.2) is 30.3 Å². The van der Waals surface area contributed by atoms with Gasteiger partial charge in [-0.2, -0.15) is 5.10 Å². The maximum absolute atomic E-state index is 12.7. The fourth-order valence-electron chi connectivity index (χ4n) is 2.98. The first-order chi connectivity index (χ1) is 11.1. The fourth-order valence-corrected chi connectivity index (χ4v) is 2.98. The summed E-state index contributed by atoms with van der Waals surface area (Å²) in [6.45, 7) is 7.90. The molecule has 23 heavy (non-hydrogen) atoms. The van der Waals surface area contributed by atoms with E-state index in [0.29, 0.717) is 0 Å². The van der Waals surface area contributed by atoms with Crippen LogP contribution in [-0.4, -0.2) is 33.7 Å². The van der Waals surface area contributed by atoms with Crippen LogP contribution < -0.4 is 0 Å². The lowest BCUT2D eigenvalue weighted by molar-refractivity contribution is 0.0747. The Hall–Kier alpha value is -2.10. The zero-order valence-corrected chi connectivity index (χ0v) is 14.2. The van der Waals surface area contributed by atoms with Gasteiger partial charge in [-0.05, 0) is 69.4 Å². The first kappa shape index (κ1) is 15.8. The summed E-state index contributed by atoms with van der Waals surface area (Å²) in [6.07, 6.45) is 3.54. The van der Waals surface area contributed by atoms with Crippen molar-refractivity contribution in [3.63, 3.8) is 0 Å². The van der Waals surface area contributed by atoms with Gasteiger partial charge in [0.25, 0.3) is 5.91 Å². The largest absolute Gasteiger partial charge is 0.338 e. The Labute approximate surface area is 138 Å². The minimum absolute atomic E-state index is 0.152. The summed E-state index contributed by atoms with van der Waals surface area (Å²) in [5.74, 6) is 0.873. The summed E-state index contributed by atoms with van der Waals surface area (Å²) in [7, 11) is 0. The molecule has 1 aromatic heterocycles. The number of nitrogens with zero attached hydrogens (tertiary/aromatic N) is 3. The number of hydrogen-bond donors (Lipinski definition) is 0. The van der Waals surface area contributed by atoms with E-state index < -0.39 is 0 Å². The van der Waals surface area contributed by atoms with Gasteiger partial charge in [0, 0.05) is 24.3 Å². The second-order valence-electron chi connectivity index (χ2n) is 6.58. The van der Waals surface area contributed by atoms with Gasteiger partial charge in [-0.1, -0.05) is 6.92 Å². The lowest BCUT2D eigenvalue weighted by atomic mass is 10.1. The smallest absolute Gasteiger partial charge is 0.253 e. The zero-order valence-electron chi connectivity index (χ0n) is 14.2. The normalized spacial score (nSPS) is 14.0. The van der Waals surface area contributed by atoms with Gasteiger partial charge in [0.2, 0.25) is 0 Å². The van der Waals surface area contributed by atoms with Crippen molar-refractivity contribution in [1.82, 2.24) is 14.7 Å². The minimum atomic E-state index is 0.152. The molecule has 1 aromatic carbocycles. The molecule has 1 amide bonds. The number of amides is 1. The Morgan fingerprint density at radius 3 is 2.48 bits per heavy atom. The molecule has 0 spiro atoms. The van der Waals surface area contributed by atoms with Crippen molar-refractivity contribution in [3.8, 4) is 5.69 Å². The molecule has 0 bridgehead atoms. The zero-order chi connectivity index (χ0) is 16.4. The number of aryl methyl sites for hydroxylation is 2. The van der Waals surface area contributed by atoms with Crippen molar-refractivity contribution in [1.29, 1.82) is 0 Å². The highest BCUT2D eigenvalue weighted by Crippen LogP contribution is 2.30. The summed E-state index contributed by atoms with van der Waals surface area (Å²) in [6, 6.07) is 9.85. The van der Waals surface area contributed by atoms with Crippen LogP contribution in [0.1, 0.15) is 47.9 Å². The van der Waals surface area contributed by atoms with Gasteiger partial charge in [-0.3, -0.25) is 4.79 Å². The lowest BCUT2D eigenvalue weighted by Crippen LogP contribution is -2.33. The van der Waals surface area contributed by atoms with Crippen molar-refractivity contribution in [2.45, 2.75) is 40.0 Å². The maximum atomic E-state index is 12.7. The van der Waals surface area contributed by atoms with E-state index in [0.717, 1.165) is 48.1 Å². The number of hydrogen-bond acceptors (Lipinski definition) is 2. The highest BCUT2D eigenvalue weighted by atomic mass is 16.2. The average molecular weight is 311 g/mol. The van der Waals surface area contributed by atoms with E-state index in [1.807, 2.05) is 47.7 Å². The highest BCUT2D eigenvalue weighted by Gasteiger charge is 2.26. The third kappa shape index (κ3) is 3.63. The van der Waals surface area contributed by atoms with E-state index >= 15 is 0 Å². The van der Waals surface area contributed by atoms with E-state index in [9.17, 15) is 4.79 Å². The van der Waals surface area contributed by atoms with Crippen molar-refractivity contribution in [2.24, 2.45) is 5.92 Å². The van der Waals surface area contributed by atoms with Gasteiger partial charge >= 0.3 is 0 Å². The first-order valence-corrected chi connectivity index (χ1v) is 8.51. The molecule has 1 aliphatic carbocycles. The summed E-state index contributed by atoms with van der Waals surface area (Å²) in [4.78, 5) is 14.7. The number of aromatic nitrogens is 2. The Bertz CT molecular complexity index is 683. The van der Waals surface area contributed by atoms with Crippen molar-refractivity contribution >= 4 is 5.91 Å². The molecule has 0 N–H and O–H groups in total. The molecular formula is C19H25N3O. The quantitative estimate of drug-likeness (QED) is 0.815. The predicted octanol–water partition coefficient (Wildman–Crippen LogP) is 3.75. The maximum Gasteiger partial charge on any atom is 0.253 e. The number of benzene rings is 1. The van der Waals surface area contributed by atoms with Crippen LogP contribution >= 0.6 is 0 Å². The molecule has 4 nitrogen and oxygen atoms in total. The lowest BCUT2D eigenvalue weighted by Gasteiger charge is -2.22. The SMILES string of the molecule is CCCN(CC1CC1)C(=O)c1ccc(-n2nc(C)cc2C)cc1. The van der Waals surface area contributed by atoms with Gasteiger partial charge < -0.3 is 4.90 Å². The summed E-state index contributed by atoms with van der Waals surface area (Å²) < 4.78 is 1.91. The van der Waals surface area contributed by atoms with Crippen LogP contribution in [-0.2, 0) is 0 Å². The molecule has 0 unspecified atom stereocenters. The fraction of sp³-hybridized carbons (Fsp3) is 0.474. The van der Waals surface area contributed by atoms with E-state index in [4.69, 9.17) is 0 Å². The van der Waals surface area contributed by atoms with Gasteiger partial charge in [0.15, 0.2) is 0 Å². The number of carbonyl (C=O) groups excluding carboxylic acids is 1. The molecule has 1 heterocycles. The molecular weight excluding hydrogens is 286 g/mol. The van der Waals surface area contributed by atoms with Crippen LogP contribution in [0.4, 0.5) is 0 Å². The van der Waals surface area contributed by atoms with Crippen LogP contribution in [0.3, 0.4) is 0 Å². The second kappa shape index (κ2) is 6.57. The third-order valence-electron chi connectivity index (χ3n) is 4.32. The van der Waals surface area contributed by atoms with Gasteiger partial charge in [0.1, 0.15) is 0 Å². The Morgan fingerprint density at radius 1 is 1.26 bits per heavy atom. The van der Waals surface area contributed by atoms with Crippen LogP contribution in [0.25, 0.3) is 5.69 Å².